The molecule has 1 atom stereocenters. The number of hydrogen-bond donors (Lipinski definition) is 2. The van der Waals surface area contributed by atoms with Gasteiger partial charge in [0.1, 0.15) is 11.5 Å². The van der Waals surface area contributed by atoms with Crippen LogP contribution in [0.4, 0.5) is 0 Å². The maximum Gasteiger partial charge on any atom is 0.115 e. The standard InChI is InChI=1S/C27H34O2/c1-19(20-6-2-3-7-20)18-26(21-8-4-5-9-21)27(22-10-14-24(28)15-11-22)23-12-16-25(29)17-13-23/h10-17,19-21,28-29H,2-9,18H2,1H3/t19-/m0/s1. The maximum atomic E-state index is 9.84. The lowest BCUT2D eigenvalue weighted by Gasteiger charge is -2.27. The Labute approximate surface area is 175 Å². The minimum atomic E-state index is 0.306. The molecule has 0 amide bonds. The zero-order valence-electron chi connectivity index (χ0n) is 17.6. The van der Waals surface area contributed by atoms with Gasteiger partial charge in [-0.05, 0) is 78.0 Å². The lowest BCUT2D eigenvalue weighted by molar-refractivity contribution is 0.353. The Morgan fingerprint density at radius 3 is 1.69 bits per heavy atom. The first-order chi connectivity index (χ1) is 14.1. The van der Waals surface area contributed by atoms with Crippen LogP contribution in [0.25, 0.3) is 5.57 Å². The summed E-state index contributed by atoms with van der Waals surface area (Å²) in [4.78, 5) is 0. The molecule has 0 aliphatic heterocycles. The van der Waals surface area contributed by atoms with E-state index >= 15 is 0 Å². The van der Waals surface area contributed by atoms with Crippen molar-refractivity contribution in [2.45, 2.75) is 64.7 Å². The molecule has 2 saturated carbocycles. The minimum absolute atomic E-state index is 0.306. The average molecular weight is 391 g/mol. The number of aromatic hydroxyl groups is 2. The molecule has 0 aromatic heterocycles. The summed E-state index contributed by atoms with van der Waals surface area (Å²) in [6.07, 6.45) is 11.9. The largest absolute Gasteiger partial charge is 0.508 e. The maximum absolute atomic E-state index is 9.84. The normalized spacial score (nSPS) is 18.8. The van der Waals surface area contributed by atoms with Crippen molar-refractivity contribution in [2.75, 3.05) is 0 Å². The second kappa shape index (κ2) is 9.07. The molecular weight excluding hydrogens is 356 g/mol. The van der Waals surface area contributed by atoms with Gasteiger partial charge in [-0.1, -0.05) is 75.3 Å². The van der Waals surface area contributed by atoms with Crippen LogP contribution < -0.4 is 0 Å². The van der Waals surface area contributed by atoms with Gasteiger partial charge in [0, 0.05) is 0 Å². The Hall–Kier alpha value is -2.22. The molecule has 0 bridgehead atoms. The van der Waals surface area contributed by atoms with E-state index in [1.54, 1.807) is 29.8 Å². The Morgan fingerprint density at radius 2 is 1.21 bits per heavy atom. The van der Waals surface area contributed by atoms with Crippen molar-refractivity contribution < 1.29 is 10.2 Å². The van der Waals surface area contributed by atoms with Gasteiger partial charge < -0.3 is 10.2 Å². The molecule has 0 saturated heterocycles. The summed E-state index contributed by atoms with van der Waals surface area (Å²) in [5.41, 5.74) is 5.27. The lowest BCUT2D eigenvalue weighted by atomic mass is 9.78. The molecule has 0 heterocycles. The highest BCUT2D eigenvalue weighted by Crippen LogP contribution is 2.44. The third-order valence-corrected chi connectivity index (χ3v) is 7.23. The lowest BCUT2D eigenvalue weighted by Crippen LogP contribution is -2.14. The monoisotopic (exact) mass is 390 g/mol. The fourth-order valence-electron chi connectivity index (χ4n) is 5.58. The Morgan fingerprint density at radius 1 is 0.759 bits per heavy atom. The Bertz CT molecular complexity index is 772. The topological polar surface area (TPSA) is 40.5 Å². The first-order valence-electron chi connectivity index (χ1n) is 11.4. The summed E-state index contributed by atoms with van der Waals surface area (Å²) in [5, 5.41) is 19.7. The van der Waals surface area contributed by atoms with E-state index < -0.39 is 0 Å². The quantitative estimate of drug-likeness (QED) is 0.543. The molecule has 2 aliphatic carbocycles. The van der Waals surface area contributed by atoms with Gasteiger partial charge in [0.2, 0.25) is 0 Å². The van der Waals surface area contributed by atoms with E-state index in [1.165, 1.54) is 68.1 Å². The Kier molecular flexibility index (Phi) is 6.28. The van der Waals surface area contributed by atoms with Gasteiger partial charge in [-0.25, -0.2) is 0 Å². The number of benzene rings is 2. The second-order valence-electron chi connectivity index (χ2n) is 9.20. The smallest absolute Gasteiger partial charge is 0.115 e. The highest BCUT2D eigenvalue weighted by atomic mass is 16.3. The van der Waals surface area contributed by atoms with Crippen LogP contribution >= 0.6 is 0 Å². The van der Waals surface area contributed by atoms with Crippen LogP contribution in [0.2, 0.25) is 0 Å². The summed E-state index contributed by atoms with van der Waals surface area (Å²) in [6, 6.07) is 15.4. The zero-order chi connectivity index (χ0) is 20.2. The van der Waals surface area contributed by atoms with E-state index in [1.807, 2.05) is 24.3 Å². The fraction of sp³-hybridized carbons (Fsp3) is 0.481. The molecule has 29 heavy (non-hydrogen) atoms. The van der Waals surface area contributed by atoms with Gasteiger partial charge in [-0.3, -0.25) is 0 Å². The highest BCUT2D eigenvalue weighted by molar-refractivity contribution is 5.83. The molecule has 2 N–H and O–H groups in total. The predicted molar refractivity (Wildman–Crippen MR) is 120 cm³/mol. The van der Waals surface area contributed by atoms with Gasteiger partial charge >= 0.3 is 0 Å². The third-order valence-electron chi connectivity index (χ3n) is 7.23. The first kappa shape index (κ1) is 20.1. The van der Waals surface area contributed by atoms with Gasteiger partial charge in [0.05, 0.1) is 0 Å². The molecule has 2 nitrogen and oxygen atoms in total. The summed E-state index contributed by atoms with van der Waals surface area (Å²) in [6.45, 7) is 2.45. The first-order valence-corrected chi connectivity index (χ1v) is 11.4. The number of rotatable bonds is 6. The van der Waals surface area contributed by atoms with Crippen LogP contribution in [0, 0.1) is 17.8 Å². The average Bonchev–Trinajstić information content (AvgIpc) is 3.44. The van der Waals surface area contributed by atoms with Crippen molar-refractivity contribution in [3.63, 3.8) is 0 Å². The molecule has 0 unspecified atom stereocenters. The molecule has 2 heteroatoms. The summed E-state index contributed by atoms with van der Waals surface area (Å²) in [5.74, 6) is 2.82. The number of hydrogen-bond acceptors (Lipinski definition) is 2. The molecule has 2 fully saturated rings. The fourth-order valence-corrected chi connectivity index (χ4v) is 5.58. The van der Waals surface area contributed by atoms with Crippen LogP contribution in [0.5, 0.6) is 11.5 Å². The van der Waals surface area contributed by atoms with Crippen LogP contribution in [-0.2, 0) is 0 Å². The number of allylic oxidation sites excluding steroid dienone is 1. The summed E-state index contributed by atoms with van der Waals surface area (Å²) >= 11 is 0. The van der Waals surface area contributed by atoms with Crippen molar-refractivity contribution in [2.24, 2.45) is 17.8 Å². The van der Waals surface area contributed by atoms with Crippen molar-refractivity contribution in [3.05, 3.63) is 65.2 Å². The van der Waals surface area contributed by atoms with E-state index in [-0.39, 0.29) is 0 Å². The van der Waals surface area contributed by atoms with Gasteiger partial charge in [0.15, 0.2) is 0 Å². The van der Waals surface area contributed by atoms with E-state index in [0.717, 1.165) is 12.3 Å². The number of phenolic OH excluding ortho intramolecular Hbond substituents is 2. The minimum Gasteiger partial charge on any atom is -0.508 e. The van der Waals surface area contributed by atoms with E-state index in [9.17, 15) is 10.2 Å². The number of phenols is 2. The van der Waals surface area contributed by atoms with E-state index in [0.29, 0.717) is 23.3 Å². The third kappa shape index (κ3) is 4.69. The van der Waals surface area contributed by atoms with E-state index in [4.69, 9.17) is 0 Å². The van der Waals surface area contributed by atoms with Crippen molar-refractivity contribution in [1.82, 2.24) is 0 Å². The van der Waals surface area contributed by atoms with Crippen LogP contribution in [0.1, 0.15) is 75.8 Å². The molecule has 2 aromatic rings. The highest BCUT2D eigenvalue weighted by Gasteiger charge is 2.28. The van der Waals surface area contributed by atoms with Gasteiger partial charge in [-0.15, -0.1) is 0 Å². The molecule has 0 radical (unpaired) electrons. The second-order valence-corrected chi connectivity index (χ2v) is 9.20. The molecule has 154 valence electrons. The SMILES string of the molecule is C[C@@H](CC(=C(c1ccc(O)cc1)c1ccc(O)cc1)C1CCCC1)C1CCCC1. The van der Waals surface area contributed by atoms with Gasteiger partial charge in [0.25, 0.3) is 0 Å². The molecule has 2 aromatic carbocycles. The van der Waals surface area contributed by atoms with Crippen LogP contribution in [0.3, 0.4) is 0 Å². The van der Waals surface area contributed by atoms with Crippen molar-refractivity contribution in [3.8, 4) is 11.5 Å². The van der Waals surface area contributed by atoms with Crippen molar-refractivity contribution >= 4 is 5.57 Å². The predicted octanol–water partition coefficient (Wildman–Crippen LogP) is 7.31. The molecular formula is C27H34O2. The Balaban J connectivity index is 1.81. The summed E-state index contributed by atoms with van der Waals surface area (Å²) in [7, 11) is 0. The molecule has 2 aliphatic rings. The summed E-state index contributed by atoms with van der Waals surface area (Å²) < 4.78 is 0. The van der Waals surface area contributed by atoms with Crippen LogP contribution in [0.15, 0.2) is 54.1 Å². The van der Waals surface area contributed by atoms with E-state index in [2.05, 4.69) is 6.92 Å². The molecule has 0 spiro atoms. The zero-order valence-corrected chi connectivity index (χ0v) is 17.6. The molecule has 4 rings (SSSR count). The van der Waals surface area contributed by atoms with Crippen molar-refractivity contribution in [1.29, 1.82) is 0 Å². The van der Waals surface area contributed by atoms with Gasteiger partial charge in [-0.2, -0.15) is 0 Å². The van der Waals surface area contributed by atoms with Crippen LogP contribution in [-0.4, -0.2) is 10.2 Å².